The average Bonchev–Trinajstić information content (AvgIpc) is 2.93. The van der Waals surface area contributed by atoms with Crippen LogP contribution in [0.4, 0.5) is 5.69 Å². The minimum Gasteiger partial charge on any atom is -0.491 e. The molecule has 2 fully saturated rings. The summed E-state index contributed by atoms with van der Waals surface area (Å²) in [6.07, 6.45) is 3.19. The molecule has 0 amide bonds. The van der Waals surface area contributed by atoms with Crippen molar-refractivity contribution in [1.29, 1.82) is 0 Å². The maximum atomic E-state index is 6.23. The second-order valence-electron chi connectivity index (χ2n) is 10.0. The van der Waals surface area contributed by atoms with Gasteiger partial charge in [-0.1, -0.05) is 54.1 Å². The lowest BCUT2D eigenvalue weighted by Gasteiger charge is -2.47. The Morgan fingerprint density at radius 2 is 1.68 bits per heavy atom. The highest BCUT2D eigenvalue weighted by atomic mass is 35.5. The van der Waals surface area contributed by atoms with Gasteiger partial charge in [0, 0.05) is 43.0 Å². The lowest BCUT2D eigenvalue weighted by Crippen LogP contribution is -2.53. The van der Waals surface area contributed by atoms with Gasteiger partial charge in [-0.05, 0) is 73.7 Å². The average molecular weight is 521 g/mol. The number of ether oxygens (including phenoxy) is 3. The summed E-state index contributed by atoms with van der Waals surface area (Å²) < 4.78 is 17.4. The van der Waals surface area contributed by atoms with E-state index < -0.39 is 0 Å². The van der Waals surface area contributed by atoms with E-state index in [1.165, 1.54) is 23.2 Å². The van der Waals surface area contributed by atoms with Crippen molar-refractivity contribution in [2.45, 2.75) is 51.1 Å². The fourth-order valence-electron chi connectivity index (χ4n) is 5.43. The van der Waals surface area contributed by atoms with E-state index in [0.29, 0.717) is 19.3 Å². The van der Waals surface area contributed by atoms with E-state index in [-0.39, 0.29) is 12.3 Å². The van der Waals surface area contributed by atoms with Crippen LogP contribution < -0.4 is 9.64 Å². The number of piperazine rings is 1. The van der Waals surface area contributed by atoms with E-state index in [4.69, 9.17) is 25.8 Å². The molecule has 0 aliphatic carbocycles. The lowest BCUT2D eigenvalue weighted by molar-refractivity contribution is -0.165. The largest absolute Gasteiger partial charge is 0.491 e. The van der Waals surface area contributed by atoms with Gasteiger partial charge in [0.2, 0.25) is 0 Å². The summed E-state index contributed by atoms with van der Waals surface area (Å²) in [5, 5.41) is 0.765. The zero-order valence-electron chi connectivity index (χ0n) is 21.6. The van der Waals surface area contributed by atoms with Crippen molar-refractivity contribution in [3.05, 3.63) is 95.0 Å². The Morgan fingerprint density at radius 1 is 0.892 bits per heavy atom. The zero-order valence-corrected chi connectivity index (χ0v) is 22.4. The quantitative estimate of drug-likeness (QED) is 0.293. The van der Waals surface area contributed by atoms with E-state index in [1.807, 2.05) is 12.1 Å². The monoisotopic (exact) mass is 520 g/mol. The summed E-state index contributed by atoms with van der Waals surface area (Å²) in [6.45, 7) is 7.05. The van der Waals surface area contributed by atoms with Crippen LogP contribution in [0.3, 0.4) is 0 Å². The molecule has 196 valence electrons. The highest BCUT2D eigenvalue weighted by Crippen LogP contribution is 2.35. The lowest BCUT2D eigenvalue weighted by atomic mass is 9.97. The predicted octanol–water partition coefficient (Wildman–Crippen LogP) is 6.71. The van der Waals surface area contributed by atoms with Crippen molar-refractivity contribution in [3.63, 3.8) is 0 Å². The van der Waals surface area contributed by atoms with Gasteiger partial charge in [0.15, 0.2) is 6.29 Å². The summed E-state index contributed by atoms with van der Waals surface area (Å²) >= 11 is 6.23. The molecule has 6 heteroatoms. The van der Waals surface area contributed by atoms with Gasteiger partial charge in [-0.25, -0.2) is 0 Å². The molecule has 37 heavy (non-hydrogen) atoms. The molecule has 5 nitrogen and oxygen atoms in total. The first kappa shape index (κ1) is 26.1. The number of rotatable bonds is 9. The van der Waals surface area contributed by atoms with Crippen LogP contribution in [0, 0.1) is 0 Å². The number of benzene rings is 3. The molecule has 2 aliphatic rings. The molecule has 5 rings (SSSR count). The Kier molecular flexibility index (Phi) is 9.01. The summed E-state index contributed by atoms with van der Waals surface area (Å²) in [6, 6.07) is 28.1. The SMILES string of the molecule is C[C@@H]1CN(Cc2ccccc2)C[C@@H](c2ccc(Cl)cc2)N1c1ccc(OCCOC2CCCCO2)cc1. The van der Waals surface area contributed by atoms with Crippen molar-refractivity contribution in [2.75, 3.05) is 37.8 Å². The maximum absolute atomic E-state index is 6.23. The van der Waals surface area contributed by atoms with Crippen LogP contribution in [0.5, 0.6) is 5.75 Å². The van der Waals surface area contributed by atoms with Crippen LogP contribution in [0.2, 0.25) is 5.02 Å². The number of nitrogens with zero attached hydrogens (tertiary/aromatic N) is 2. The second-order valence-corrected chi connectivity index (χ2v) is 10.4. The van der Waals surface area contributed by atoms with Crippen LogP contribution in [0.15, 0.2) is 78.9 Å². The third-order valence-corrected chi connectivity index (χ3v) is 7.45. The van der Waals surface area contributed by atoms with Gasteiger partial charge >= 0.3 is 0 Å². The molecule has 2 heterocycles. The van der Waals surface area contributed by atoms with Gasteiger partial charge < -0.3 is 19.1 Å². The van der Waals surface area contributed by atoms with Gasteiger partial charge in [-0.15, -0.1) is 0 Å². The van der Waals surface area contributed by atoms with E-state index in [1.54, 1.807) is 0 Å². The standard InChI is InChI=1S/C31H37ClN2O3/c1-24-21-33(22-25-7-3-2-4-8-25)23-30(26-10-12-27(32)13-11-26)34(24)28-14-16-29(17-15-28)35-19-20-37-31-9-5-6-18-36-31/h2-4,7-8,10-17,24,30-31H,5-6,9,18-23H2,1H3/t24-,30+,31?/m1/s1. The van der Waals surface area contributed by atoms with Crippen molar-refractivity contribution in [1.82, 2.24) is 4.90 Å². The minimum absolute atomic E-state index is 0.0772. The molecule has 0 N–H and O–H groups in total. The maximum Gasteiger partial charge on any atom is 0.157 e. The van der Waals surface area contributed by atoms with Crippen molar-refractivity contribution in [3.8, 4) is 5.75 Å². The van der Waals surface area contributed by atoms with Crippen LogP contribution in [-0.2, 0) is 16.0 Å². The van der Waals surface area contributed by atoms with Gasteiger partial charge in [0.1, 0.15) is 12.4 Å². The highest BCUT2D eigenvalue weighted by molar-refractivity contribution is 6.30. The van der Waals surface area contributed by atoms with Gasteiger partial charge in [0.05, 0.1) is 12.6 Å². The molecule has 2 aliphatic heterocycles. The molecule has 3 aromatic carbocycles. The number of hydrogen-bond acceptors (Lipinski definition) is 5. The number of halogens is 1. The van der Waals surface area contributed by atoms with E-state index in [2.05, 4.69) is 83.5 Å². The fourth-order valence-corrected chi connectivity index (χ4v) is 5.55. The molecule has 0 saturated carbocycles. The molecule has 3 atom stereocenters. The second kappa shape index (κ2) is 12.8. The Bertz CT molecular complexity index is 1090. The Morgan fingerprint density at radius 3 is 2.41 bits per heavy atom. The first-order valence-corrected chi connectivity index (χ1v) is 13.8. The van der Waals surface area contributed by atoms with E-state index >= 15 is 0 Å². The summed E-state index contributed by atoms with van der Waals surface area (Å²) in [4.78, 5) is 5.10. The van der Waals surface area contributed by atoms with Gasteiger partial charge in [-0.2, -0.15) is 0 Å². The number of anilines is 1. The predicted molar refractivity (Wildman–Crippen MR) is 149 cm³/mol. The molecular weight excluding hydrogens is 484 g/mol. The molecule has 0 radical (unpaired) electrons. The summed E-state index contributed by atoms with van der Waals surface area (Å²) in [5.74, 6) is 0.857. The van der Waals surface area contributed by atoms with E-state index in [0.717, 1.165) is 49.9 Å². The van der Waals surface area contributed by atoms with E-state index in [9.17, 15) is 0 Å². The molecule has 0 bridgehead atoms. The van der Waals surface area contributed by atoms with Crippen LogP contribution in [0.25, 0.3) is 0 Å². The minimum atomic E-state index is -0.0772. The number of hydrogen-bond donors (Lipinski definition) is 0. The first-order chi connectivity index (χ1) is 18.2. The molecule has 0 spiro atoms. The topological polar surface area (TPSA) is 34.2 Å². The van der Waals surface area contributed by atoms with Crippen LogP contribution in [-0.4, -0.2) is 50.1 Å². The Labute approximate surface area is 225 Å². The highest BCUT2D eigenvalue weighted by Gasteiger charge is 2.33. The molecule has 1 unspecified atom stereocenters. The molecule has 2 saturated heterocycles. The van der Waals surface area contributed by atoms with Gasteiger partial charge in [-0.3, -0.25) is 4.90 Å². The molecular formula is C31H37ClN2O3. The fraction of sp³-hybridized carbons (Fsp3) is 0.419. The Balaban J connectivity index is 1.25. The van der Waals surface area contributed by atoms with Gasteiger partial charge in [0.25, 0.3) is 0 Å². The van der Waals surface area contributed by atoms with Crippen LogP contribution >= 0.6 is 11.6 Å². The van der Waals surface area contributed by atoms with Crippen molar-refractivity contribution >= 4 is 17.3 Å². The zero-order chi connectivity index (χ0) is 25.5. The smallest absolute Gasteiger partial charge is 0.157 e. The van der Waals surface area contributed by atoms with Crippen LogP contribution in [0.1, 0.15) is 43.4 Å². The third kappa shape index (κ3) is 7.05. The normalized spacial score (nSPS) is 22.6. The first-order valence-electron chi connectivity index (χ1n) is 13.4. The summed E-state index contributed by atoms with van der Waals surface area (Å²) in [7, 11) is 0. The van der Waals surface area contributed by atoms with Crippen molar-refractivity contribution < 1.29 is 14.2 Å². The third-order valence-electron chi connectivity index (χ3n) is 7.20. The summed E-state index contributed by atoms with van der Waals surface area (Å²) in [5.41, 5.74) is 3.82. The molecule has 0 aromatic heterocycles. The van der Waals surface area contributed by atoms with Crippen molar-refractivity contribution in [2.24, 2.45) is 0 Å². The molecule has 3 aromatic rings. The Hall–Kier alpha value is -2.57.